The zero-order valence-electron chi connectivity index (χ0n) is 15.4. The average Bonchev–Trinajstić information content (AvgIpc) is 2.76. The minimum Gasteiger partial charge on any atom is -0.395 e. The number of azo groups is 1. The average molecular weight is 371 g/mol. The van der Waals surface area contributed by atoms with E-state index in [9.17, 15) is 5.11 Å². The molecule has 0 aliphatic carbocycles. The monoisotopic (exact) mass is 371 g/mol. The summed E-state index contributed by atoms with van der Waals surface area (Å²) in [4.78, 5) is 6.31. The van der Waals surface area contributed by atoms with Crippen molar-refractivity contribution in [2.75, 3.05) is 24.6 Å². The summed E-state index contributed by atoms with van der Waals surface area (Å²) in [6, 6.07) is 23.3. The highest BCUT2D eigenvalue weighted by atomic mass is 16.3. The molecule has 0 atom stereocenters. The van der Waals surface area contributed by atoms with Crippen LogP contribution in [-0.4, -0.2) is 29.8 Å². The number of rotatable bonds is 8. The Bertz CT molecular complexity index is 931. The Morgan fingerprint density at radius 3 is 2.14 bits per heavy atom. The van der Waals surface area contributed by atoms with Gasteiger partial charge in [0.15, 0.2) is 0 Å². The number of aromatic nitrogens is 1. The molecule has 0 fully saturated rings. The van der Waals surface area contributed by atoms with Crippen LogP contribution in [0.2, 0.25) is 0 Å². The van der Waals surface area contributed by atoms with E-state index in [-0.39, 0.29) is 6.61 Å². The van der Waals surface area contributed by atoms with Crippen LogP contribution in [-0.2, 0) is 0 Å². The van der Waals surface area contributed by atoms with Crippen molar-refractivity contribution in [2.24, 2.45) is 10.2 Å². The van der Waals surface area contributed by atoms with Gasteiger partial charge in [0.25, 0.3) is 0 Å². The Morgan fingerprint density at radius 1 is 0.893 bits per heavy atom. The second-order valence-electron chi connectivity index (χ2n) is 6.10. The van der Waals surface area contributed by atoms with E-state index in [0.29, 0.717) is 19.5 Å². The Hall–Kier alpha value is -3.56. The van der Waals surface area contributed by atoms with Gasteiger partial charge in [-0.25, -0.2) is 0 Å². The Morgan fingerprint density at radius 2 is 1.57 bits per heavy atom. The second-order valence-corrected chi connectivity index (χ2v) is 6.10. The summed E-state index contributed by atoms with van der Waals surface area (Å²) in [7, 11) is 0. The third kappa shape index (κ3) is 5.22. The summed E-state index contributed by atoms with van der Waals surface area (Å²) in [5, 5.41) is 26.5. The smallest absolute Gasteiger partial charge is 0.0858 e. The van der Waals surface area contributed by atoms with Crippen molar-refractivity contribution in [1.29, 1.82) is 5.26 Å². The molecule has 1 aromatic heterocycles. The van der Waals surface area contributed by atoms with E-state index < -0.39 is 0 Å². The third-order valence-corrected chi connectivity index (χ3v) is 4.19. The summed E-state index contributed by atoms with van der Waals surface area (Å²) in [6.45, 7) is 1.12. The normalized spacial score (nSPS) is 10.7. The number of aliphatic hydroxyl groups is 1. The zero-order chi connectivity index (χ0) is 19.6. The minimum atomic E-state index is 0.0430. The molecule has 0 amide bonds. The molecular weight excluding hydrogens is 350 g/mol. The van der Waals surface area contributed by atoms with Crippen molar-refractivity contribution in [3.63, 3.8) is 0 Å². The Balaban J connectivity index is 1.66. The van der Waals surface area contributed by atoms with Crippen molar-refractivity contribution < 1.29 is 5.11 Å². The van der Waals surface area contributed by atoms with Gasteiger partial charge in [0.1, 0.15) is 0 Å². The lowest BCUT2D eigenvalue weighted by Crippen LogP contribution is -2.27. The highest BCUT2D eigenvalue weighted by Crippen LogP contribution is 2.24. The summed E-state index contributed by atoms with van der Waals surface area (Å²) in [6.07, 6.45) is 2.19. The summed E-state index contributed by atoms with van der Waals surface area (Å²) in [5.74, 6) is 0. The largest absolute Gasteiger partial charge is 0.395 e. The molecule has 140 valence electrons. The molecule has 2 aromatic carbocycles. The maximum Gasteiger partial charge on any atom is 0.0858 e. The standard InChI is InChI=1S/C22H21N5O/c23-13-3-15-27(16-17-28)21-11-9-20(10-12-21)26-25-19-7-5-18(6-8-19)22-4-1-2-14-24-22/h1-2,4-12,14,28H,3,15-17H2. The first-order chi connectivity index (χ1) is 13.8. The second kappa shape index (κ2) is 9.95. The molecule has 0 bridgehead atoms. The highest BCUT2D eigenvalue weighted by Gasteiger charge is 2.05. The molecule has 3 rings (SSSR count). The number of pyridine rings is 1. The van der Waals surface area contributed by atoms with Gasteiger partial charge in [0, 0.05) is 30.5 Å². The maximum absolute atomic E-state index is 9.19. The first kappa shape index (κ1) is 19.2. The first-order valence-electron chi connectivity index (χ1n) is 9.06. The molecule has 0 aliphatic heterocycles. The number of hydrogen-bond donors (Lipinski definition) is 1. The van der Waals surface area contributed by atoms with E-state index in [0.717, 1.165) is 28.3 Å². The van der Waals surface area contributed by atoms with E-state index in [4.69, 9.17) is 5.26 Å². The van der Waals surface area contributed by atoms with Crippen LogP contribution in [0.15, 0.2) is 83.2 Å². The molecule has 3 aromatic rings. The predicted octanol–water partition coefficient (Wildman–Crippen LogP) is 4.88. The van der Waals surface area contributed by atoms with Crippen LogP contribution >= 0.6 is 0 Å². The predicted molar refractivity (Wildman–Crippen MR) is 110 cm³/mol. The molecule has 1 heterocycles. The quantitative estimate of drug-likeness (QED) is 0.572. The third-order valence-electron chi connectivity index (χ3n) is 4.19. The van der Waals surface area contributed by atoms with Gasteiger partial charge in [-0.05, 0) is 48.5 Å². The number of aliphatic hydroxyl groups excluding tert-OH is 1. The molecule has 0 spiro atoms. The van der Waals surface area contributed by atoms with Crippen LogP contribution in [0.25, 0.3) is 11.3 Å². The molecule has 28 heavy (non-hydrogen) atoms. The van der Waals surface area contributed by atoms with Gasteiger partial charge in [0.2, 0.25) is 0 Å². The van der Waals surface area contributed by atoms with E-state index >= 15 is 0 Å². The van der Waals surface area contributed by atoms with Gasteiger partial charge < -0.3 is 10.0 Å². The summed E-state index contributed by atoms with van der Waals surface area (Å²) in [5.41, 5.74) is 4.40. The van der Waals surface area contributed by atoms with Crippen molar-refractivity contribution in [3.8, 4) is 17.3 Å². The Kier molecular flexibility index (Phi) is 6.83. The van der Waals surface area contributed by atoms with E-state index in [1.165, 1.54) is 0 Å². The van der Waals surface area contributed by atoms with Gasteiger partial charge in [-0.1, -0.05) is 18.2 Å². The van der Waals surface area contributed by atoms with Crippen LogP contribution in [0.3, 0.4) is 0 Å². The molecule has 0 unspecified atom stereocenters. The van der Waals surface area contributed by atoms with Gasteiger partial charge >= 0.3 is 0 Å². The summed E-state index contributed by atoms with van der Waals surface area (Å²) >= 11 is 0. The number of hydrogen-bond acceptors (Lipinski definition) is 6. The fourth-order valence-corrected chi connectivity index (χ4v) is 2.75. The molecule has 0 aliphatic rings. The van der Waals surface area contributed by atoms with Crippen LogP contribution in [0, 0.1) is 11.3 Å². The summed E-state index contributed by atoms with van der Waals surface area (Å²) < 4.78 is 0. The van der Waals surface area contributed by atoms with Gasteiger partial charge in [0.05, 0.1) is 36.2 Å². The molecule has 6 nitrogen and oxygen atoms in total. The van der Waals surface area contributed by atoms with Crippen molar-refractivity contribution in [1.82, 2.24) is 4.98 Å². The number of nitriles is 1. The van der Waals surface area contributed by atoms with E-state index in [1.54, 1.807) is 6.20 Å². The lowest BCUT2D eigenvalue weighted by Gasteiger charge is -2.22. The lowest BCUT2D eigenvalue weighted by molar-refractivity contribution is 0.302. The number of anilines is 1. The van der Waals surface area contributed by atoms with E-state index in [2.05, 4.69) is 21.3 Å². The van der Waals surface area contributed by atoms with Gasteiger partial charge in [-0.15, -0.1) is 0 Å². The van der Waals surface area contributed by atoms with Crippen molar-refractivity contribution >= 4 is 17.1 Å². The van der Waals surface area contributed by atoms with Crippen LogP contribution < -0.4 is 4.90 Å². The molecule has 6 heteroatoms. The first-order valence-corrected chi connectivity index (χ1v) is 9.06. The SMILES string of the molecule is N#CCCN(CCO)c1ccc(N=Nc2ccc(-c3ccccn3)cc2)cc1. The van der Waals surface area contributed by atoms with Crippen molar-refractivity contribution in [3.05, 3.63) is 72.9 Å². The van der Waals surface area contributed by atoms with Gasteiger partial charge in [-0.2, -0.15) is 15.5 Å². The van der Waals surface area contributed by atoms with E-state index in [1.807, 2.05) is 71.6 Å². The van der Waals surface area contributed by atoms with Gasteiger partial charge in [-0.3, -0.25) is 4.98 Å². The highest BCUT2D eigenvalue weighted by molar-refractivity contribution is 5.61. The molecule has 1 N–H and O–H groups in total. The minimum absolute atomic E-state index is 0.0430. The zero-order valence-corrected chi connectivity index (χ0v) is 15.4. The molecular formula is C22H21N5O. The molecule has 0 radical (unpaired) electrons. The molecule has 0 saturated carbocycles. The van der Waals surface area contributed by atoms with Crippen LogP contribution in [0.5, 0.6) is 0 Å². The number of nitrogens with zero attached hydrogens (tertiary/aromatic N) is 5. The maximum atomic E-state index is 9.19. The fraction of sp³-hybridized carbons (Fsp3) is 0.182. The van der Waals surface area contributed by atoms with Crippen LogP contribution in [0.4, 0.5) is 17.1 Å². The Labute approximate surface area is 164 Å². The number of benzene rings is 2. The molecule has 0 saturated heterocycles. The lowest BCUT2D eigenvalue weighted by atomic mass is 10.1. The van der Waals surface area contributed by atoms with Crippen molar-refractivity contribution in [2.45, 2.75) is 6.42 Å². The van der Waals surface area contributed by atoms with Crippen LogP contribution in [0.1, 0.15) is 6.42 Å². The fourth-order valence-electron chi connectivity index (χ4n) is 2.75. The topological polar surface area (TPSA) is 84.9 Å².